The Balaban J connectivity index is 1.51. The van der Waals surface area contributed by atoms with Crippen molar-refractivity contribution >= 4 is 37.6 Å². The van der Waals surface area contributed by atoms with Crippen LogP contribution in [-0.2, 0) is 25.8 Å². The lowest BCUT2D eigenvalue weighted by Crippen LogP contribution is -2.49. The minimum atomic E-state index is -3.79. The number of halogens is 1. The van der Waals surface area contributed by atoms with Crippen molar-refractivity contribution in [1.82, 2.24) is 5.32 Å². The molecule has 0 aliphatic carbocycles. The van der Waals surface area contributed by atoms with Gasteiger partial charge in [-0.25, -0.2) is 13.4 Å². The SMILES string of the molecule is COc1ccc(CCNC(=O)[C@]2(CCS(=O)(=O)c3ccccc3)N=C(c3ccc(OCCCO)cc3)O[C@@H]2c2ccccc2Br)cc1OC. The van der Waals surface area contributed by atoms with Crippen LogP contribution in [0.5, 0.6) is 17.2 Å². The first-order valence-electron chi connectivity index (χ1n) is 15.8. The predicted molar refractivity (Wildman–Crippen MR) is 190 cm³/mol. The van der Waals surface area contributed by atoms with Crippen molar-refractivity contribution in [1.29, 1.82) is 0 Å². The van der Waals surface area contributed by atoms with Gasteiger partial charge in [-0.3, -0.25) is 4.79 Å². The maximum atomic E-state index is 14.5. The molecule has 2 N–H and O–H groups in total. The van der Waals surface area contributed by atoms with E-state index in [4.69, 9.17) is 29.0 Å². The first kappa shape index (κ1) is 35.9. The van der Waals surface area contributed by atoms with Gasteiger partial charge in [0.15, 0.2) is 33.0 Å². The van der Waals surface area contributed by atoms with Gasteiger partial charge in [0.25, 0.3) is 5.91 Å². The van der Waals surface area contributed by atoms with Crippen LogP contribution >= 0.6 is 15.9 Å². The summed E-state index contributed by atoms with van der Waals surface area (Å²) in [6.45, 7) is 0.631. The molecule has 0 bridgehead atoms. The molecular weight excluding hydrogens is 712 g/mol. The van der Waals surface area contributed by atoms with Crippen molar-refractivity contribution < 1.29 is 37.3 Å². The largest absolute Gasteiger partial charge is 0.494 e. The van der Waals surface area contributed by atoms with Gasteiger partial charge in [0.1, 0.15) is 5.75 Å². The highest BCUT2D eigenvalue weighted by Gasteiger charge is 2.54. The van der Waals surface area contributed by atoms with Crippen LogP contribution in [0.15, 0.2) is 111 Å². The van der Waals surface area contributed by atoms with Gasteiger partial charge in [-0.05, 0) is 66.6 Å². The Morgan fingerprint density at radius 3 is 2.37 bits per heavy atom. The van der Waals surface area contributed by atoms with E-state index < -0.39 is 27.4 Å². The quantitative estimate of drug-likeness (QED) is 0.139. The lowest BCUT2D eigenvalue weighted by Gasteiger charge is -2.31. The van der Waals surface area contributed by atoms with Crippen LogP contribution in [-0.4, -0.2) is 70.6 Å². The molecule has 5 rings (SSSR count). The highest BCUT2D eigenvalue weighted by Crippen LogP contribution is 2.45. The van der Waals surface area contributed by atoms with Crippen molar-refractivity contribution in [2.24, 2.45) is 4.99 Å². The Kier molecular flexibility index (Phi) is 12.0. The zero-order valence-electron chi connectivity index (χ0n) is 27.3. The van der Waals surface area contributed by atoms with Gasteiger partial charge in [0, 0.05) is 41.6 Å². The van der Waals surface area contributed by atoms with Crippen LogP contribution in [0.4, 0.5) is 0 Å². The number of rotatable bonds is 16. The van der Waals surface area contributed by atoms with Gasteiger partial charge in [0.2, 0.25) is 5.90 Å². The molecule has 12 heteroatoms. The Morgan fingerprint density at radius 2 is 1.67 bits per heavy atom. The number of methoxy groups -OCH3 is 2. The molecule has 49 heavy (non-hydrogen) atoms. The average Bonchev–Trinajstić information content (AvgIpc) is 3.52. The predicted octanol–water partition coefficient (Wildman–Crippen LogP) is 5.71. The van der Waals surface area contributed by atoms with E-state index in [1.165, 1.54) is 0 Å². The first-order chi connectivity index (χ1) is 23.7. The van der Waals surface area contributed by atoms with Crippen molar-refractivity contribution in [3.05, 3.63) is 118 Å². The lowest BCUT2D eigenvalue weighted by atomic mass is 9.85. The molecule has 10 nitrogen and oxygen atoms in total. The number of carbonyl (C=O) groups is 1. The van der Waals surface area contributed by atoms with E-state index in [1.807, 2.05) is 36.4 Å². The van der Waals surface area contributed by atoms with E-state index in [2.05, 4.69) is 21.2 Å². The maximum Gasteiger partial charge on any atom is 0.252 e. The fourth-order valence-corrected chi connectivity index (χ4v) is 7.46. The summed E-state index contributed by atoms with van der Waals surface area (Å²) in [5.74, 6) is 1.17. The van der Waals surface area contributed by atoms with Crippen molar-refractivity contribution in [2.45, 2.75) is 35.8 Å². The smallest absolute Gasteiger partial charge is 0.252 e. The van der Waals surface area contributed by atoms with Gasteiger partial charge < -0.3 is 29.4 Å². The summed E-state index contributed by atoms with van der Waals surface area (Å²) in [5.41, 5.74) is 0.513. The minimum Gasteiger partial charge on any atom is -0.494 e. The van der Waals surface area contributed by atoms with Crippen LogP contribution in [0.25, 0.3) is 0 Å². The fraction of sp³-hybridized carbons (Fsp3) is 0.297. The third-order valence-corrected chi connectivity index (χ3v) is 10.7. The molecule has 4 aromatic carbocycles. The number of carbonyl (C=O) groups excluding carboxylic acids is 1. The van der Waals surface area contributed by atoms with Crippen LogP contribution in [0.3, 0.4) is 0 Å². The Labute approximate surface area is 295 Å². The van der Waals surface area contributed by atoms with E-state index in [1.54, 1.807) is 74.9 Å². The summed E-state index contributed by atoms with van der Waals surface area (Å²) in [6.07, 6.45) is -0.129. The topological polar surface area (TPSA) is 133 Å². The molecule has 1 heterocycles. The molecule has 258 valence electrons. The number of sulfone groups is 1. The molecule has 0 unspecified atom stereocenters. The number of amides is 1. The molecule has 1 aliphatic rings. The number of nitrogens with zero attached hydrogens (tertiary/aromatic N) is 1. The average molecular weight is 752 g/mol. The van der Waals surface area contributed by atoms with Gasteiger partial charge in [-0.1, -0.05) is 58.4 Å². The number of aliphatic hydroxyl groups excluding tert-OH is 1. The normalized spacial score (nSPS) is 17.1. The number of benzene rings is 4. The molecule has 0 radical (unpaired) electrons. The minimum absolute atomic E-state index is 0.0254. The zero-order chi connectivity index (χ0) is 34.9. The van der Waals surface area contributed by atoms with Crippen LogP contribution in [0.2, 0.25) is 0 Å². The Bertz CT molecular complexity index is 1870. The second-order valence-electron chi connectivity index (χ2n) is 11.4. The number of aliphatic imine (C=N–C) groups is 1. The molecule has 0 aromatic heterocycles. The van der Waals surface area contributed by atoms with E-state index >= 15 is 0 Å². The number of hydrogen-bond donors (Lipinski definition) is 2. The molecule has 1 aliphatic heterocycles. The molecule has 0 saturated carbocycles. The standard InChI is InChI=1S/C37H39BrN2O8S/c1-45-32-18-13-26(25-33(32)46-2)19-21-39-36(42)37(20-24-49(43,44)29-9-4-3-5-10-29)34(30-11-6-7-12-31(30)38)48-35(40-37)27-14-16-28(17-15-27)47-23-8-22-41/h3-7,9-18,25,34,41H,8,19-24H2,1-2H3,(H,39,42)/t34-,37-/m1/s1. The maximum absolute atomic E-state index is 14.5. The third kappa shape index (κ3) is 8.44. The summed E-state index contributed by atoms with van der Waals surface area (Å²) in [4.78, 5) is 19.6. The zero-order valence-corrected chi connectivity index (χ0v) is 29.7. The second kappa shape index (κ2) is 16.3. The molecule has 0 fully saturated rings. The highest BCUT2D eigenvalue weighted by atomic mass is 79.9. The van der Waals surface area contributed by atoms with Gasteiger partial charge in [-0.2, -0.15) is 0 Å². The monoisotopic (exact) mass is 750 g/mol. The summed E-state index contributed by atoms with van der Waals surface area (Å²) in [5, 5.41) is 12.1. The summed E-state index contributed by atoms with van der Waals surface area (Å²) in [6, 6.07) is 28.1. The summed E-state index contributed by atoms with van der Waals surface area (Å²) < 4.78 is 50.9. The first-order valence-corrected chi connectivity index (χ1v) is 18.3. The summed E-state index contributed by atoms with van der Waals surface area (Å²) >= 11 is 3.62. The van der Waals surface area contributed by atoms with Crippen LogP contribution in [0, 0.1) is 0 Å². The molecule has 0 spiro atoms. The lowest BCUT2D eigenvalue weighted by molar-refractivity contribution is -0.129. The van der Waals surface area contributed by atoms with E-state index in [0.29, 0.717) is 52.3 Å². The van der Waals surface area contributed by atoms with E-state index in [9.17, 15) is 13.2 Å². The third-order valence-electron chi connectivity index (χ3n) is 8.22. The highest BCUT2D eigenvalue weighted by molar-refractivity contribution is 9.10. The van der Waals surface area contributed by atoms with Gasteiger partial charge in [0.05, 0.1) is 31.5 Å². The number of nitrogens with one attached hydrogen (secondary N) is 1. The molecule has 4 aromatic rings. The number of aliphatic hydroxyl groups is 1. The van der Waals surface area contributed by atoms with Gasteiger partial charge in [-0.15, -0.1) is 0 Å². The van der Waals surface area contributed by atoms with E-state index in [0.717, 1.165) is 5.56 Å². The van der Waals surface area contributed by atoms with Crippen LogP contribution < -0.4 is 19.5 Å². The second-order valence-corrected chi connectivity index (χ2v) is 14.4. The fourth-order valence-electron chi connectivity index (χ4n) is 5.58. The van der Waals surface area contributed by atoms with Crippen molar-refractivity contribution in [3.8, 4) is 17.2 Å². The molecule has 2 atom stereocenters. The molecule has 0 saturated heterocycles. The van der Waals surface area contributed by atoms with Crippen molar-refractivity contribution in [3.63, 3.8) is 0 Å². The Hall–Kier alpha value is -4.39. The van der Waals surface area contributed by atoms with Crippen molar-refractivity contribution in [2.75, 3.05) is 39.7 Å². The number of ether oxygens (including phenoxy) is 4. The summed E-state index contributed by atoms with van der Waals surface area (Å²) in [7, 11) is -0.661. The number of hydrogen-bond acceptors (Lipinski definition) is 9. The van der Waals surface area contributed by atoms with Crippen LogP contribution in [0.1, 0.15) is 35.6 Å². The molecule has 1 amide bonds. The van der Waals surface area contributed by atoms with E-state index in [-0.39, 0.29) is 36.1 Å². The molecular formula is C37H39BrN2O8S. The van der Waals surface area contributed by atoms with Gasteiger partial charge >= 0.3 is 0 Å². The Morgan fingerprint density at radius 1 is 0.959 bits per heavy atom.